The van der Waals surface area contributed by atoms with E-state index in [1.807, 2.05) is 66.9 Å². The predicted octanol–water partition coefficient (Wildman–Crippen LogP) is 4.73. The van der Waals surface area contributed by atoms with E-state index in [4.69, 9.17) is 0 Å². The molecule has 1 amide bonds. The summed E-state index contributed by atoms with van der Waals surface area (Å²) in [7, 11) is 0. The maximum Gasteiger partial charge on any atom is 0.242 e. The summed E-state index contributed by atoms with van der Waals surface area (Å²) in [6.45, 7) is 0. The molecule has 0 aliphatic carbocycles. The van der Waals surface area contributed by atoms with Gasteiger partial charge >= 0.3 is 0 Å². The molecule has 3 rings (SSSR count). The molecule has 122 valence electrons. The number of carbonyl (C=O) groups is 1. The molecule has 1 aromatic heterocycles. The third kappa shape index (κ3) is 4.37. The van der Waals surface area contributed by atoms with Crippen LogP contribution in [0, 0.1) is 0 Å². The van der Waals surface area contributed by atoms with E-state index >= 15 is 0 Å². The molecule has 1 atom stereocenters. The summed E-state index contributed by atoms with van der Waals surface area (Å²) in [5, 5.41) is 10.9. The molecule has 2 aromatic carbocycles. The Labute approximate surface area is 153 Å². The van der Waals surface area contributed by atoms with E-state index < -0.39 is 0 Å². The number of anilines is 1. The highest BCUT2D eigenvalue weighted by Gasteiger charge is 2.24. The highest BCUT2D eigenvalue weighted by Crippen LogP contribution is 2.38. The lowest BCUT2D eigenvalue weighted by Crippen LogP contribution is -2.18. The Morgan fingerprint density at radius 1 is 1.00 bits per heavy atom. The number of nitrogens with zero attached hydrogens (tertiary/aromatic N) is 2. The molecular weight excluding hydrogens is 358 g/mol. The van der Waals surface area contributed by atoms with Crippen LogP contribution in [0.3, 0.4) is 0 Å². The van der Waals surface area contributed by atoms with Crippen molar-refractivity contribution in [2.45, 2.75) is 13.9 Å². The Hall–Kier alpha value is -1.83. The van der Waals surface area contributed by atoms with Crippen molar-refractivity contribution in [2.24, 2.45) is 0 Å². The molecule has 3 aromatic rings. The zero-order valence-corrected chi connectivity index (χ0v) is 15.3. The van der Waals surface area contributed by atoms with Gasteiger partial charge in [0.05, 0.1) is 0 Å². The fourth-order valence-electron chi connectivity index (χ4n) is 2.06. The number of carbonyl (C=O) groups excluding carboxylic acids is 1. The predicted molar refractivity (Wildman–Crippen MR) is 102 cm³/mol. The Bertz CT molecular complexity index is 793. The summed E-state index contributed by atoms with van der Waals surface area (Å²) in [5.74, 6) is -0.0710. The van der Waals surface area contributed by atoms with Crippen molar-refractivity contribution in [3.63, 3.8) is 0 Å². The molecule has 0 spiro atoms. The smallest absolute Gasteiger partial charge is 0.242 e. The van der Waals surface area contributed by atoms with Crippen LogP contribution in [0.4, 0.5) is 5.69 Å². The molecule has 7 heteroatoms. The van der Waals surface area contributed by atoms with Crippen molar-refractivity contribution in [3.05, 3.63) is 66.2 Å². The van der Waals surface area contributed by atoms with Crippen LogP contribution in [0.25, 0.3) is 0 Å². The number of benzene rings is 2. The normalized spacial score (nSPS) is 11.9. The fourth-order valence-corrected chi connectivity index (χ4v) is 4.69. The minimum Gasteiger partial charge on any atom is -0.325 e. The molecular formula is C17H15N3OS3. The maximum absolute atomic E-state index is 12.8. The number of nitrogens with one attached hydrogen (secondary N) is 1. The Morgan fingerprint density at radius 2 is 1.62 bits per heavy atom. The van der Waals surface area contributed by atoms with Crippen molar-refractivity contribution < 1.29 is 4.79 Å². The lowest BCUT2D eigenvalue weighted by molar-refractivity contribution is -0.115. The molecule has 0 radical (unpaired) electrons. The van der Waals surface area contributed by atoms with Crippen molar-refractivity contribution in [1.82, 2.24) is 10.2 Å². The molecule has 0 aliphatic heterocycles. The number of hydrogen-bond donors (Lipinski definition) is 1. The van der Waals surface area contributed by atoms with Crippen LogP contribution in [0.1, 0.15) is 10.8 Å². The lowest BCUT2D eigenvalue weighted by atomic mass is 10.1. The van der Waals surface area contributed by atoms with E-state index in [0.29, 0.717) is 0 Å². The first-order valence-electron chi connectivity index (χ1n) is 7.21. The summed E-state index contributed by atoms with van der Waals surface area (Å²) < 4.78 is 1.68. The largest absolute Gasteiger partial charge is 0.325 e. The molecule has 1 unspecified atom stereocenters. The summed E-state index contributed by atoms with van der Waals surface area (Å²) in [6.07, 6.45) is 1.96. The van der Waals surface area contributed by atoms with Gasteiger partial charge < -0.3 is 5.32 Å². The molecule has 4 nitrogen and oxygen atoms in total. The van der Waals surface area contributed by atoms with Gasteiger partial charge in [-0.3, -0.25) is 4.79 Å². The Balaban J connectivity index is 1.83. The van der Waals surface area contributed by atoms with Crippen LogP contribution in [-0.4, -0.2) is 22.4 Å². The van der Waals surface area contributed by atoms with Gasteiger partial charge in [-0.1, -0.05) is 83.4 Å². The van der Waals surface area contributed by atoms with Crippen molar-refractivity contribution in [3.8, 4) is 0 Å². The van der Waals surface area contributed by atoms with E-state index in [1.165, 1.54) is 23.1 Å². The van der Waals surface area contributed by atoms with Gasteiger partial charge in [-0.05, 0) is 24.0 Å². The zero-order chi connectivity index (χ0) is 16.8. The van der Waals surface area contributed by atoms with Gasteiger partial charge in [0.15, 0.2) is 8.68 Å². The minimum atomic E-state index is -0.380. The van der Waals surface area contributed by atoms with Gasteiger partial charge in [0.1, 0.15) is 5.25 Å². The van der Waals surface area contributed by atoms with Gasteiger partial charge in [-0.2, -0.15) is 0 Å². The van der Waals surface area contributed by atoms with Crippen LogP contribution >= 0.6 is 34.9 Å². The lowest BCUT2D eigenvalue weighted by Gasteiger charge is -2.15. The topological polar surface area (TPSA) is 54.9 Å². The summed E-state index contributed by atoms with van der Waals surface area (Å²) in [6, 6.07) is 19.2. The molecule has 24 heavy (non-hydrogen) atoms. The van der Waals surface area contributed by atoms with E-state index in [9.17, 15) is 4.79 Å². The molecule has 1 N–H and O–H groups in total. The third-order valence-corrected chi connectivity index (χ3v) is 6.40. The standard InChI is InChI=1S/C17H15N3OS3/c1-22-16-19-20-17(24-16)23-14(12-8-4-2-5-9-12)15(21)18-13-10-6-3-7-11-13/h2-11,14H,1H3,(H,18,21). The molecule has 0 saturated carbocycles. The number of thioether (sulfide) groups is 2. The van der Waals surface area contributed by atoms with Crippen molar-refractivity contribution in [1.29, 1.82) is 0 Å². The maximum atomic E-state index is 12.8. The number of aromatic nitrogens is 2. The van der Waals surface area contributed by atoms with E-state index in [1.54, 1.807) is 11.8 Å². The average Bonchev–Trinajstić information content (AvgIpc) is 3.09. The van der Waals surface area contributed by atoms with Gasteiger partial charge in [0, 0.05) is 5.69 Å². The van der Waals surface area contributed by atoms with E-state index in [2.05, 4.69) is 15.5 Å². The number of amides is 1. The van der Waals surface area contributed by atoms with Crippen molar-refractivity contribution >= 4 is 46.5 Å². The minimum absolute atomic E-state index is 0.0710. The summed E-state index contributed by atoms with van der Waals surface area (Å²) in [5.41, 5.74) is 1.72. The van der Waals surface area contributed by atoms with Crippen LogP contribution in [0.5, 0.6) is 0 Å². The quantitative estimate of drug-likeness (QED) is 0.633. The second-order valence-electron chi connectivity index (χ2n) is 4.80. The van der Waals surface area contributed by atoms with Crippen LogP contribution in [0.2, 0.25) is 0 Å². The molecule has 0 aliphatic rings. The average molecular weight is 374 g/mol. The van der Waals surface area contributed by atoms with E-state index in [0.717, 1.165) is 19.9 Å². The molecule has 1 heterocycles. The van der Waals surface area contributed by atoms with Crippen LogP contribution in [0.15, 0.2) is 69.3 Å². The van der Waals surface area contributed by atoms with Crippen LogP contribution in [-0.2, 0) is 4.79 Å². The highest BCUT2D eigenvalue weighted by atomic mass is 32.2. The second kappa shape index (κ2) is 8.32. The first-order chi connectivity index (χ1) is 11.8. The SMILES string of the molecule is CSc1nnc(SC(C(=O)Nc2ccccc2)c2ccccc2)s1. The van der Waals surface area contributed by atoms with Crippen LogP contribution < -0.4 is 5.32 Å². The van der Waals surface area contributed by atoms with Crippen molar-refractivity contribution in [2.75, 3.05) is 11.6 Å². The number of para-hydroxylation sites is 1. The van der Waals surface area contributed by atoms with Gasteiger partial charge in [-0.25, -0.2) is 0 Å². The Morgan fingerprint density at radius 3 is 2.25 bits per heavy atom. The molecule has 0 fully saturated rings. The third-order valence-electron chi connectivity index (χ3n) is 3.16. The van der Waals surface area contributed by atoms with Gasteiger partial charge in [0.2, 0.25) is 5.91 Å². The van der Waals surface area contributed by atoms with Gasteiger partial charge in [-0.15, -0.1) is 10.2 Å². The summed E-state index contributed by atoms with van der Waals surface area (Å²) >= 11 is 4.48. The van der Waals surface area contributed by atoms with Gasteiger partial charge in [0.25, 0.3) is 0 Å². The fraction of sp³-hybridized carbons (Fsp3) is 0.118. The first-order valence-corrected chi connectivity index (χ1v) is 10.1. The Kier molecular flexibility index (Phi) is 5.90. The molecule has 0 bridgehead atoms. The van der Waals surface area contributed by atoms with E-state index in [-0.39, 0.29) is 11.2 Å². The monoisotopic (exact) mass is 373 g/mol. The number of rotatable bonds is 6. The first kappa shape index (κ1) is 17.0. The number of hydrogen-bond acceptors (Lipinski definition) is 6. The second-order valence-corrected chi connectivity index (χ2v) is 8.18. The molecule has 0 saturated heterocycles. The summed E-state index contributed by atoms with van der Waals surface area (Å²) in [4.78, 5) is 12.8. The zero-order valence-electron chi connectivity index (χ0n) is 12.9. The highest BCUT2D eigenvalue weighted by molar-refractivity contribution is 8.03.